The van der Waals surface area contributed by atoms with Gasteiger partial charge in [0.2, 0.25) is 11.6 Å². The molecule has 0 spiro atoms. The first-order chi connectivity index (χ1) is 11.6. The van der Waals surface area contributed by atoms with E-state index in [9.17, 15) is 9.90 Å². The highest BCUT2D eigenvalue weighted by Crippen LogP contribution is 2.76. The molecule has 2 unspecified atom stereocenters. The molecule has 2 heterocycles. The molecule has 0 radical (unpaired) electrons. The molecule has 4 rings (SSSR count). The van der Waals surface area contributed by atoms with E-state index < -0.39 is 11.4 Å². The van der Waals surface area contributed by atoms with E-state index >= 15 is 0 Å². The van der Waals surface area contributed by atoms with Gasteiger partial charge in [-0.2, -0.15) is 0 Å². The first-order valence-corrected chi connectivity index (χ1v) is 10.2. The van der Waals surface area contributed by atoms with Crippen molar-refractivity contribution in [2.45, 2.75) is 102 Å². The molecule has 4 nitrogen and oxygen atoms in total. The summed E-state index contributed by atoms with van der Waals surface area (Å²) in [6.45, 7) is 2.19. The lowest BCUT2D eigenvalue weighted by atomic mass is 9.61. The molecule has 24 heavy (non-hydrogen) atoms. The minimum absolute atomic E-state index is 0.215. The zero-order chi connectivity index (χ0) is 16.8. The summed E-state index contributed by atoms with van der Waals surface area (Å²) in [6.07, 6.45) is 14.0. The second-order valence-corrected chi connectivity index (χ2v) is 8.78. The maximum atomic E-state index is 12.5. The average Bonchev–Trinajstić information content (AvgIpc) is 3.41. The summed E-state index contributed by atoms with van der Waals surface area (Å²) < 4.78 is 11.5. The first kappa shape index (κ1) is 16.8. The van der Waals surface area contributed by atoms with E-state index in [-0.39, 0.29) is 17.5 Å². The quantitative estimate of drug-likeness (QED) is 0.508. The Labute approximate surface area is 145 Å². The predicted molar refractivity (Wildman–Crippen MR) is 90.4 cm³/mol. The topological polar surface area (TPSA) is 62.4 Å². The van der Waals surface area contributed by atoms with Gasteiger partial charge in [0.15, 0.2) is 0 Å². The Morgan fingerprint density at radius 2 is 1.88 bits per heavy atom. The first-order valence-electron chi connectivity index (χ1n) is 10.2. The fourth-order valence-corrected chi connectivity index (χ4v) is 5.72. The van der Waals surface area contributed by atoms with Gasteiger partial charge in [0, 0.05) is 12.8 Å². The Morgan fingerprint density at radius 3 is 2.50 bits per heavy atom. The molecule has 0 bridgehead atoms. The van der Waals surface area contributed by atoms with E-state index in [2.05, 4.69) is 6.92 Å². The van der Waals surface area contributed by atoms with Crippen molar-refractivity contribution in [2.75, 3.05) is 0 Å². The minimum Gasteiger partial charge on any atom is -0.481 e. The predicted octanol–water partition coefficient (Wildman–Crippen LogP) is 4.86. The number of rotatable bonds is 8. The lowest BCUT2D eigenvalue weighted by Gasteiger charge is -2.41. The maximum Gasteiger partial charge on any atom is 0.309 e. The van der Waals surface area contributed by atoms with Crippen LogP contribution in [0.15, 0.2) is 0 Å². The summed E-state index contributed by atoms with van der Waals surface area (Å²) in [5, 5.41) is 10.3. The molecule has 0 aromatic heterocycles. The van der Waals surface area contributed by atoms with Crippen LogP contribution < -0.4 is 0 Å². The van der Waals surface area contributed by atoms with Crippen LogP contribution in [0.3, 0.4) is 0 Å². The monoisotopic (exact) mass is 336 g/mol. The smallest absolute Gasteiger partial charge is 0.309 e. The Hall–Kier alpha value is -0.610. The number of carbonyl (C=O) groups is 1. The van der Waals surface area contributed by atoms with E-state index in [1.165, 1.54) is 32.1 Å². The van der Waals surface area contributed by atoms with E-state index in [4.69, 9.17) is 9.47 Å². The third kappa shape index (κ3) is 2.61. The highest BCUT2D eigenvalue weighted by molar-refractivity contribution is 5.75. The van der Waals surface area contributed by atoms with Crippen molar-refractivity contribution in [3.8, 4) is 0 Å². The van der Waals surface area contributed by atoms with Gasteiger partial charge in [0.1, 0.15) is 0 Å². The highest BCUT2D eigenvalue weighted by Gasteiger charge is 2.92. The Kier molecular flexibility index (Phi) is 4.20. The van der Waals surface area contributed by atoms with Crippen molar-refractivity contribution in [2.24, 2.45) is 17.3 Å². The molecular weight excluding hydrogens is 304 g/mol. The van der Waals surface area contributed by atoms with Gasteiger partial charge in [0.05, 0.1) is 5.41 Å². The van der Waals surface area contributed by atoms with Crippen molar-refractivity contribution in [3.63, 3.8) is 0 Å². The van der Waals surface area contributed by atoms with Gasteiger partial charge >= 0.3 is 5.97 Å². The lowest BCUT2D eigenvalue weighted by Crippen LogP contribution is -2.43. The van der Waals surface area contributed by atoms with Crippen LogP contribution in [0.4, 0.5) is 0 Å². The van der Waals surface area contributed by atoms with Gasteiger partial charge in [-0.3, -0.25) is 4.79 Å². The van der Waals surface area contributed by atoms with Gasteiger partial charge in [-0.15, -0.1) is 0 Å². The summed E-state index contributed by atoms with van der Waals surface area (Å²) in [5.74, 6) is -0.386. The summed E-state index contributed by atoms with van der Waals surface area (Å²) >= 11 is 0. The average molecular weight is 336 g/mol. The molecule has 4 heteroatoms. The molecule has 1 N–H and O–H groups in total. The molecule has 136 valence electrons. The molecule has 2 saturated carbocycles. The van der Waals surface area contributed by atoms with E-state index in [1.807, 2.05) is 0 Å². The Morgan fingerprint density at radius 1 is 1.12 bits per heavy atom. The fourth-order valence-electron chi connectivity index (χ4n) is 5.72. The number of unbranched alkanes of at least 4 members (excludes halogenated alkanes) is 2. The summed E-state index contributed by atoms with van der Waals surface area (Å²) in [7, 11) is 0. The highest BCUT2D eigenvalue weighted by atomic mass is 17.0. The van der Waals surface area contributed by atoms with Crippen LogP contribution in [-0.4, -0.2) is 22.7 Å². The van der Waals surface area contributed by atoms with Gasteiger partial charge in [-0.1, -0.05) is 58.3 Å². The SMILES string of the molecule is CCCCCC(CC1CCCCC1)(C(=O)O)C1CCC23OC2(C1)O3. The second-order valence-electron chi connectivity index (χ2n) is 8.78. The van der Waals surface area contributed by atoms with Crippen LogP contribution in [0.25, 0.3) is 0 Å². The van der Waals surface area contributed by atoms with Crippen LogP contribution in [0, 0.1) is 17.3 Å². The number of aliphatic carboxylic acids is 1. The number of carboxylic acid groups (broad SMARTS) is 1. The van der Waals surface area contributed by atoms with Crippen LogP contribution >= 0.6 is 0 Å². The third-order valence-electron chi connectivity index (χ3n) is 7.31. The molecular formula is C20H32O4. The molecule has 0 amide bonds. The van der Waals surface area contributed by atoms with Crippen molar-refractivity contribution >= 4 is 5.97 Å². The Balaban J connectivity index is 1.52. The van der Waals surface area contributed by atoms with Crippen molar-refractivity contribution in [3.05, 3.63) is 0 Å². The zero-order valence-electron chi connectivity index (χ0n) is 15.0. The lowest BCUT2D eigenvalue weighted by molar-refractivity contribution is -0.157. The second kappa shape index (κ2) is 5.98. The van der Waals surface area contributed by atoms with Crippen molar-refractivity contribution in [1.29, 1.82) is 0 Å². The van der Waals surface area contributed by atoms with Gasteiger partial charge in [0.25, 0.3) is 0 Å². The van der Waals surface area contributed by atoms with Crippen LogP contribution in [-0.2, 0) is 14.3 Å². The largest absolute Gasteiger partial charge is 0.481 e. The normalized spacial score (nSPS) is 40.3. The Bertz CT molecular complexity index is 490. The van der Waals surface area contributed by atoms with Gasteiger partial charge in [-0.25, -0.2) is 0 Å². The van der Waals surface area contributed by atoms with E-state index in [0.717, 1.165) is 51.4 Å². The summed E-state index contributed by atoms with van der Waals surface area (Å²) in [4.78, 5) is 12.5. The third-order valence-corrected chi connectivity index (χ3v) is 7.31. The van der Waals surface area contributed by atoms with Crippen LogP contribution in [0.5, 0.6) is 0 Å². The molecule has 0 aromatic carbocycles. The standard InChI is InChI=1S/C20H32O4/c1-2-3-7-11-18(17(21)22,13-15-8-5-4-6-9-15)16-10-12-19-20(14-16,23-19)24-19/h15-16H,2-14H2,1H3,(H,21,22). The number of hydrogen-bond acceptors (Lipinski definition) is 3. The van der Waals surface area contributed by atoms with E-state index in [0.29, 0.717) is 5.92 Å². The molecule has 2 aliphatic carbocycles. The van der Waals surface area contributed by atoms with Crippen molar-refractivity contribution < 1.29 is 19.4 Å². The van der Waals surface area contributed by atoms with Crippen molar-refractivity contribution in [1.82, 2.24) is 0 Å². The fraction of sp³-hybridized carbons (Fsp3) is 0.950. The minimum atomic E-state index is -0.560. The number of carboxylic acids is 1. The zero-order valence-corrected chi connectivity index (χ0v) is 15.0. The van der Waals surface area contributed by atoms with E-state index in [1.54, 1.807) is 0 Å². The number of epoxide rings is 2. The number of hydrogen-bond donors (Lipinski definition) is 1. The molecule has 0 aromatic rings. The molecule has 2 atom stereocenters. The molecule has 2 saturated heterocycles. The summed E-state index contributed by atoms with van der Waals surface area (Å²) in [6, 6.07) is 0. The van der Waals surface area contributed by atoms with Gasteiger partial charge in [-0.05, 0) is 31.1 Å². The molecule has 4 aliphatic rings. The summed E-state index contributed by atoms with van der Waals surface area (Å²) in [5.41, 5.74) is -0.560. The van der Waals surface area contributed by atoms with Gasteiger partial charge < -0.3 is 14.6 Å². The molecule has 2 aliphatic heterocycles. The maximum absolute atomic E-state index is 12.5. The number of ether oxygens (including phenoxy) is 2. The van der Waals surface area contributed by atoms with Crippen LogP contribution in [0.2, 0.25) is 0 Å². The van der Waals surface area contributed by atoms with Crippen LogP contribution in [0.1, 0.15) is 90.4 Å². The molecule has 4 fully saturated rings.